The first kappa shape index (κ1) is 12.8. The standard InChI is InChI=1S/C14H9Cl3N2/c15-10-3-1-9(2-4-10)7-19-8-18-13-5-11(16)12(17)6-14(13)19/h1-6,8H,7H2. The number of benzene rings is 2. The van der Waals surface area contributed by atoms with Crippen molar-refractivity contribution >= 4 is 45.8 Å². The van der Waals surface area contributed by atoms with E-state index in [1.54, 1.807) is 12.4 Å². The van der Waals surface area contributed by atoms with Crippen LogP contribution in [0.5, 0.6) is 0 Å². The summed E-state index contributed by atoms with van der Waals surface area (Å²) in [6.45, 7) is 0.714. The van der Waals surface area contributed by atoms with Gasteiger partial charge < -0.3 is 4.57 Å². The molecule has 3 aromatic rings. The van der Waals surface area contributed by atoms with Crippen molar-refractivity contribution in [2.45, 2.75) is 6.54 Å². The number of halogens is 3. The van der Waals surface area contributed by atoms with Crippen molar-refractivity contribution < 1.29 is 0 Å². The fraction of sp³-hybridized carbons (Fsp3) is 0.0714. The summed E-state index contributed by atoms with van der Waals surface area (Å²) in [5.74, 6) is 0. The highest BCUT2D eigenvalue weighted by Gasteiger charge is 2.07. The summed E-state index contributed by atoms with van der Waals surface area (Å²) in [5, 5.41) is 1.78. The second-order valence-electron chi connectivity index (χ2n) is 4.25. The highest BCUT2D eigenvalue weighted by Crippen LogP contribution is 2.27. The molecule has 19 heavy (non-hydrogen) atoms. The molecule has 0 fully saturated rings. The molecule has 0 amide bonds. The molecule has 0 radical (unpaired) electrons. The van der Waals surface area contributed by atoms with Crippen LogP contribution in [0.4, 0.5) is 0 Å². The summed E-state index contributed by atoms with van der Waals surface area (Å²) in [4.78, 5) is 4.33. The van der Waals surface area contributed by atoms with Crippen molar-refractivity contribution in [3.8, 4) is 0 Å². The molecule has 3 rings (SSSR count). The summed E-state index contributed by atoms with van der Waals surface area (Å²) in [6, 6.07) is 11.3. The fourth-order valence-corrected chi connectivity index (χ4v) is 2.41. The van der Waals surface area contributed by atoms with Crippen molar-refractivity contribution in [3.63, 3.8) is 0 Å². The Morgan fingerprint density at radius 2 is 1.63 bits per heavy atom. The van der Waals surface area contributed by atoms with Gasteiger partial charge in [0.05, 0.1) is 27.4 Å². The third kappa shape index (κ3) is 2.57. The molecule has 0 aliphatic carbocycles. The molecule has 0 saturated heterocycles. The van der Waals surface area contributed by atoms with E-state index in [2.05, 4.69) is 4.98 Å². The lowest BCUT2D eigenvalue weighted by molar-refractivity contribution is 0.824. The van der Waals surface area contributed by atoms with Gasteiger partial charge in [-0.05, 0) is 29.8 Å². The first-order valence-electron chi connectivity index (χ1n) is 5.68. The van der Waals surface area contributed by atoms with Crippen molar-refractivity contribution in [3.05, 3.63) is 63.4 Å². The molecule has 5 heteroatoms. The van der Waals surface area contributed by atoms with Crippen molar-refractivity contribution in [1.82, 2.24) is 9.55 Å². The molecule has 0 saturated carbocycles. The van der Waals surface area contributed by atoms with Crippen LogP contribution in [-0.2, 0) is 6.54 Å². The van der Waals surface area contributed by atoms with E-state index < -0.39 is 0 Å². The van der Waals surface area contributed by atoms with E-state index in [0.29, 0.717) is 16.6 Å². The van der Waals surface area contributed by atoms with E-state index in [9.17, 15) is 0 Å². The number of fused-ring (bicyclic) bond motifs is 1. The van der Waals surface area contributed by atoms with Crippen LogP contribution in [0, 0.1) is 0 Å². The number of nitrogens with zero attached hydrogens (tertiary/aromatic N) is 2. The van der Waals surface area contributed by atoms with Gasteiger partial charge in [0.1, 0.15) is 0 Å². The largest absolute Gasteiger partial charge is 0.326 e. The second-order valence-corrected chi connectivity index (χ2v) is 5.50. The number of aromatic nitrogens is 2. The highest BCUT2D eigenvalue weighted by atomic mass is 35.5. The predicted molar refractivity (Wildman–Crippen MR) is 80.3 cm³/mol. The lowest BCUT2D eigenvalue weighted by Gasteiger charge is -2.05. The van der Waals surface area contributed by atoms with Gasteiger partial charge in [0, 0.05) is 11.6 Å². The van der Waals surface area contributed by atoms with Gasteiger partial charge in [-0.2, -0.15) is 0 Å². The molecule has 2 aromatic carbocycles. The average molecular weight is 312 g/mol. The molecule has 0 aliphatic rings. The normalized spacial score (nSPS) is 11.1. The third-order valence-electron chi connectivity index (χ3n) is 2.93. The summed E-state index contributed by atoms with van der Waals surface area (Å²) in [6.07, 6.45) is 1.78. The zero-order chi connectivity index (χ0) is 13.4. The SMILES string of the molecule is Clc1ccc(Cn2cnc3cc(Cl)c(Cl)cc32)cc1. The Hall–Kier alpha value is -1.22. The molecular formula is C14H9Cl3N2. The molecule has 0 spiro atoms. The van der Waals surface area contributed by atoms with Crippen LogP contribution in [0.15, 0.2) is 42.7 Å². The van der Waals surface area contributed by atoms with Gasteiger partial charge in [0.15, 0.2) is 0 Å². The minimum atomic E-state index is 0.519. The van der Waals surface area contributed by atoms with Gasteiger partial charge in [-0.25, -0.2) is 4.98 Å². The lowest BCUT2D eigenvalue weighted by Crippen LogP contribution is -1.97. The zero-order valence-corrected chi connectivity index (χ0v) is 12.0. The zero-order valence-electron chi connectivity index (χ0n) is 9.78. The molecule has 0 N–H and O–H groups in total. The first-order valence-corrected chi connectivity index (χ1v) is 6.81. The summed E-state index contributed by atoms with van der Waals surface area (Å²) in [5.41, 5.74) is 2.95. The Bertz CT molecular complexity index is 732. The maximum Gasteiger partial charge on any atom is 0.0961 e. The second kappa shape index (κ2) is 5.04. The van der Waals surface area contributed by atoms with Crippen LogP contribution in [0.2, 0.25) is 15.1 Å². The Kier molecular flexibility index (Phi) is 3.40. The monoisotopic (exact) mass is 310 g/mol. The van der Waals surface area contributed by atoms with Crippen molar-refractivity contribution in [1.29, 1.82) is 0 Å². The molecule has 96 valence electrons. The molecule has 0 aliphatic heterocycles. The molecular weight excluding hydrogens is 303 g/mol. The van der Waals surface area contributed by atoms with Crippen molar-refractivity contribution in [2.75, 3.05) is 0 Å². The van der Waals surface area contributed by atoms with E-state index in [4.69, 9.17) is 34.8 Å². The van der Waals surface area contributed by atoms with Crippen LogP contribution < -0.4 is 0 Å². The number of hydrogen-bond donors (Lipinski definition) is 0. The predicted octanol–water partition coefficient (Wildman–Crippen LogP) is 5.04. The first-order chi connectivity index (χ1) is 9.13. The molecule has 0 atom stereocenters. The third-order valence-corrected chi connectivity index (χ3v) is 3.90. The van der Waals surface area contributed by atoms with Gasteiger partial charge in [0.25, 0.3) is 0 Å². The Morgan fingerprint density at radius 1 is 0.947 bits per heavy atom. The minimum absolute atomic E-state index is 0.519. The van der Waals surface area contributed by atoms with E-state index >= 15 is 0 Å². The number of hydrogen-bond acceptors (Lipinski definition) is 1. The summed E-state index contributed by atoms with van der Waals surface area (Å²) < 4.78 is 2.03. The molecule has 1 aromatic heterocycles. The fourth-order valence-electron chi connectivity index (χ4n) is 1.97. The van der Waals surface area contributed by atoms with Crippen LogP contribution in [0.3, 0.4) is 0 Å². The molecule has 0 bridgehead atoms. The highest BCUT2D eigenvalue weighted by molar-refractivity contribution is 6.42. The molecule has 2 nitrogen and oxygen atoms in total. The Morgan fingerprint density at radius 3 is 2.37 bits per heavy atom. The Balaban J connectivity index is 2.01. The van der Waals surface area contributed by atoms with Gasteiger partial charge >= 0.3 is 0 Å². The Labute approximate surface area is 125 Å². The quantitative estimate of drug-likeness (QED) is 0.648. The van der Waals surface area contributed by atoms with Gasteiger partial charge in [-0.3, -0.25) is 0 Å². The molecule has 1 heterocycles. The summed E-state index contributed by atoms with van der Waals surface area (Å²) in [7, 11) is 0. The van der Waals surface area contributed by atoms with Gasteiger partial charge in [0.2, 0.25) is 0 Å². The minimum Gasteiger partial charge on any atom is -0.326 e. The lowest BCUT2D eigenvalue weighted by atomic mass is 10.2. The summed E-state index contributed by atoms with van der Waals surface area (Å²) >= 11 is 17.9. The van der Waals surface area contributed by atoms with E-state index in [1.807, 2.05) is 34.9 Å². The van der Waals surface area contributed by atoms with Crippen LogP contribution >= 0.6 is 34.8 Å². The number of rotatable bonds is 2. The van der Waals surface area contributed by atoms with E-state index in [1.165, 1.54) is 0 Å². The molecule has 0 unspecified atom stereocenters. The van der Waals surface area contributed by atoms with Gasteiger partial charge in [-0.15, -0.1) is 0 Å². The van der Waals surface area contributed by atoms with Gasteiger partial charge in [-0.1, -0.05) is 46.9 Å². The smallest absolute Gasteiger partial charge is 0.0961 e. The average Bonchev–Trinajstić information content (AvgIpc) is 2.76. The van der Waals surface area contributed by atoms with Crippen LogP contribution in [0.25, 0.3) is 11.0 Å². The topological polar surface area (TPSA) is 17.8 Å². The van der Waals surface area contributed by atoms with E-state index in [-0.39, 0.29) is 0 Å². The van der Waals surface area contributed by atoms with Crippen molar-refractivity contribution in [2.24, 2.45) is 0 Å². The maximum absolute atomic E-state index is 6.05. The van der Waals surface area contributed by atoms with E-state index in [0.717, 1.165) is 21.6 Å². The van der Waals surface area contributed by atoms with Crippen LogP contribution in [-0.4, -0.2) is 9.55 Å². The number of imidazole rings is 1. The maximum atomic E-state index is 6.05. The van der Waals surface area contributed by atoms with Crippen LogP contribution in [0.1, 0.15) is 5.56 Å².